The van der Waals surface area contributed by atoms with Crippen molar-refractivity contribution in [3.63, 3.8) is 0 Å². The smallest absolute Gasteiger partial charge is 0.0863 e. The van der Waals surface area contributed by atoms with Crippen molar-refractivity contribution >= 4 is 0 Å². The van der Waals surface area contributed by atoms with Crippen molar-refractivity contribution < 1.29 is 9.96 Å². The van der Waals surface area contributed by atoms with E-state index in [1.807, 2.05) is 0 Å². The number of likely N-dealkylation sites (tertiary alicyclic amines) is 1. The fraction of sp³-hybridized carbons (Fsp3) is 1.00. The SMILES string of the molecule is CC[N+]1(CC)[C@H](C)CCC[C@@H]1C.[OH-]. The van der Waals surface area contributed by atoms with Crippen molar-refractivity contribution in [2.45, 2.75) is 59.0 Å². The lowest BCUT2D eigenvalue weighted by atomic mass is 9.93. The predicted molar refractivity (Wildman–Crippen MR) is 56.1 cm³/mol. The molecule has 1 fully saturated rings. The van der Waals surface area contributed by atoms with Gasteiger partial charge < -0.3 is 9.96 Å². The normalized spacial score (nSPS) is 32.3. The minimum atomic E-state index is 0. The predicted octanol–water partition coefficient (Wildman–Crippen LogP) is 2.63. The lowest BCUT2D eigenvalue weighted by Gasteiger charge is -2.50. The Labute approximate surface area is 82.8 Å². The van der Waals surface area contributed by atoms with Gasteiger partial charge in [-0.05, 0) is 47.0 Å². The summed E-state index contributed by atoms with van der Waals surface area (Å²) >= 11 is 0. The molecule has 0 spiro atoms. The van der Waals surface area contributed by atoms with Crippen LogP contribution in [-0.4, -0.2) is 35.1 Å². The average Bonchev–Trinajstić information content (AvgIpc) is 2.06. The summed E-state index contributed by atoms with van der Waals surface area (Å²) in [6, 6.07) is 1.78. The molecule has 2 nitrogen and oxygen atoms in total. The van der Waals surface area contributed by atoms with Crippen molar-refractivity contribution in [2.24, 2.45) is 0 Å². The van der Waals surface area contributed by atoms with Gasteiger partial charge in [0.15, 0.2) is 0 Å². The molecule has 0 amide bonds. The lowest BCUT2D eigenvalue weighted by molar-refractivity contribution is -0.972. The second-order valence-corrected chi connectivity index (χ2v) is 4.36. The van der Waals surface area contributed by atoms with Crippen molar-refractivity contribution in [3.8, 4) is 0 Å². The first-order chi connectivity index (χ1) is 5.67. The van der Waals surface area contributed by atoms with E-state index >= 15 is 0 Å². The summed E-state index contributed by atoms with van der Waals surface area (Å²) in [6.07, 6.45) is 4.32. The first kappa shape index (κ1) is 12.9. The van der Waals surface area contributed by atoms with E-state index in [-0.39, 0.29) is 5.48 Å². The third-order valence-corrected chi connectivity index (χ3v) is 4.18. The molecular formula is C11H25NO. The number of hydrogen-bond acceptors (Lipinski definition) is 1. The molecule has 0 saturated carbocycles. The van der Waals surface area contributed by atoms with Crippen LogP contribution in [0.1, 0.15) is 47.0 Å². The average molecular weight is 187 g/mol. The Morgan fingerprint density at radius 2 is 1.38 bits per heavy atom. The van der Waals surface area contributed by atoms with Gasteiger partial charge in [0.05, 0.1) is 25.2 Å². The molecule has 1 N–H and O–H groups in total. The summed E-state index contributed by atoms with van der Waals surface area (Å²) in [7, 11) is 0. The van der Waals surface area contributed by atoms with Crippen molar-refractivity contribution in [2.75, 3.05) is 13.1 Å². The van der Waals surface area contributed by atoms with E-state index in [4.69, 9.17) is 0 Å². The minimum absolute atomic E-state index is 0. The zero-order chi connectivity index (χ0) is 9.19. The monoisotopic (exact) mass is 187 g/mol. The second-order valence-electron chi connectivity index (χ2n) is 4.36. The third-order valence-electron chi connectivity index (χ3n) is 4.18. The molecule has 1 heterocycles. The van der Waals surface area contributed by atoms with Crippen LogP contribution in [0.15, 0.2) is 0 Å². The number of nitrogens with zero attached hydrogens (tertiary/aromatic N) is 1. The van der Waals surface area contributed by atoms with E-state index in [0.29, 0.717) is 0 Å². The molecule has 0 radical (unpaired) electrons. The van der Waals surface area contributed by atoms with E-state index in [0.717, 1.165) is 12.1 Å². The van der Waals surface area contributed by atoms with Crippen molar-refractivity contribution in [3.05, 3.63) is 0 Å². The fourth-order valence-corrected chi connectivity index (χ4v) is 3.13. The van der Waals surface area contributed by atoms with Crippen molar-refractivity contribution in [1.29, 1.82) is 0 Å². The molecule has 2 atom stereocenters. The number of hydrogen-bond donors (Lipinski definition) is 0. The Morgan fingerprint density at radius 1 is 1.00 bits per heavy atom. The fourth-order valence-electron chi connectivity index (χ4n) is 3.13. The van der Waals surface area contributed by atoms with Gasteiger partial charge in [-0.1, -0.05) is 0 Å². The van der Waals surface area contributed by atoms with Crippen LogP contribution in [0.2, 0.25) is 0 Å². The van der Waals surface area contributed by atoms with Gasteiger partial charge in [-0.2, -0.15) is 0 Å². The third kappa shape index (κ3) is 2.05. The van der Waals surface area contributed by atoms with E-state index < -0.39 is 0 Å². The van der Waals surface area contributed by atoms with E-state index in [9.17, 15) is 0 Å². The highest BCUT2D eigenvalue weighted by Gasteiger charge is 2.38. The molecule has 1 saturated heterocycles. The zero-order valence-corrected chi connectivity index (χ0v) is 9.58. The standard InChI is InChI=1S/C11H24N.H2O/c1-5-12(6-2)10(3)8-7-9-11(12)4;/h10-11H,5-9H2,1-4H3;1H2/q+1;/p-1/t10-,11+;. The summed E-state index contributed by atoms with van der Waals surface area (Å²) in [6.45, 7) is 12.2. The number of quaternary nitrogens is 1. The molecule has 0 aromatic carbocycles. The topological polar surface area (TPSA) is 30.0 Å². The van der Waals surface area contributed by atoms with Gasteiger partial charge in [0.1, 0.15) is 0 Å². The molecular weight excluding hydrogens is 162 g/mol. The maximum atomic E-state index is 2.43. The van der Waals surface area contributed by atoms with Gasteiger partial charge in [0.2, 0.25) is 0 Å². The van der Waals surface area contributed by atoms with Crippen LogP contribution in [-0.2, 0) is 0 Å². The first-order valence-corrected chi connectivity index (χ1v) is 5.53. The van der Waals surface area contributed by atoms with Gasteiger partial charge in [0, 0.05) is 0 Å². The number of piperidine rings is 1. The quantitative estimate of drug-likeness (QED) is 0.611. The van der Waals surface area contributed by atoms with E-state index in [2.05, 4.69) is 27.7 Å². The highest BCUT2D eigenvalue weighted by molar-refractivity contribution is 4.67. The van der Waals surface area contributed by atoms with E-state index in [1.165, 1.54) is 36.8 Å². The molecule has 0 aliphatic carbocycles. The Bertz CT molecular complexity index is 131. The molecule has 2 heteroatoms. The summed E-state index contributed by atoms with van der Waals surface area (Å²) in [5, 5.41) is 0. The van der Waals surface area contributed by atoms with E-state index in [1.54, 1.807) is 0 Å². The van der Waals surface area contributed by atoms with Gasteiger partial charge >= 0.3 is 0 Å². The Kier molecular flexibility index (Phi) is 4.93. The van der Waals surface area contributed by atoms with Gasteiger partial charge in [-0.3, -0.25) is 0 Å². The minimum Gasteiger partial charge on any atom is -0.870 e. The van der Waals surface area contributed by atoms with Gasteiger partial charge in [-0.15, -0.1) is 0 Å². The molecule has 13 heavy (non-hydrogen) atoms. The Morgan fingerprint density at radius 3 is 1.62 bits per heavy atom. The molecule has 0 aromatic rings. The van der Waals surface area contributed by atoms with Gasteiger partial charge in [-0.25, -0.2) is 0 Å². The number of rotatable bonds is 2. The first-order valence-electron chi connectivity index (χ1n) is 5.53. The summed E-state index contributed by atoms with van der Waals surface area (Å²) in [4.78, 5) is 0. The second kappa shape index (κ2) is 4.97. The van der Waals surface area contributed by atoms with Crippen LogP contribution in [0.4, 0.5) is 0 Å². The maximum Gasteiger partial charge on any atom is 0.0863 e. The van der Waals surface area contributed by atoms with Crippen LogP contribution < -0.4 is 0 Å². The van der Waals surface area contributed by atoms with Crippen LogP contribution in [0, 0.1) is 0 Å². The molecule has 0 bridgehead atoms. The van der Waals surface area contributed by atoms with Crippen LogP contribution >= 0.6 is 0 Å². The van der Waals surface area contributed by atoms with Gasteiger partial charge in [0.25, 0.3) is 0 Å². The molecule has 0 unspecified atom stereocenters. The highest BCUT2D eigenvalue weighted by atomic mass is 16.0. The summed E-state index contributed by atoms with van der Waals surface area (Å²) in [5.41, 5.74) is 0. The lowest BCUT2D eigenvalue weighted by Crippen LogP contribution is -2.61. The molecule has 1 rings (SSSR count). The molecule has 1 aliphatic rings. The largest absolute Gasteiger partial charge is 0.870 e. The van der Waals surface area contributed by atoms with Crippen LogP contribution in [0.25, 0.3) is 0 Å². The summed E-state index contributed by atoms with van der Waals surface area (Å²) < 4.78 is 1.36. The summed E-state index contributed by atoms with van der Waals surface area (Å²) in [5.74, 6) is 0. The van der Waals surface area contributed by atoms with Crippen LogP contribution in [0.3, 0.4) is 0 Å². The van der Waals surface area contributed by atoms with Crippen molar-refractivity contribution in [1.82, 2.24) is 0 Å². The Hall–Kier alpha value is -0.0800. The molecule has 1 aliphatic heterocycles. The molecule has 0 aromatic heterocycles. The Balaban J connectivity index is 0.00000144. The zero-order valence-electron chi connectivity index (χ0n) is 9.58. The maximum absolute atomic E-state index is 2.43. The van der Waals surface area contributed by atoms with Crippen LogP contribution in [0.5, 0.6) is 0 Å². The highest BCUT2D eigenvalue weighted by Crippen LogP contribution is 2.30. The molecule has 80 valence electrons.